The van der Waals surface area contributed by atoms with Gasteiger partial charge in [0.15, 0.2) is 0 Å². The molecule has 1 heterocycles. The van der Waals surface area contributed by atoms with Crippen molar-refractivity contribution in [3.05, 3.63) is 102 Å². The molecule has 6 nitrogen and oxygen atoms in total. The number of carbonyl (C=O) groups is 2. The summed E-state index contributed by atoms with van der Waals surface area (Å²) in [5, 5.41) is 5.49. The van der Waals surface area contributed by atoms with Gasteiger partial charge in [-0.1, -0.05) is 42.5 Å². The van der Waals surface area contributed by atoms with Gasteiger partial charge >= 0.3 is 0 Å². The number of H-pyrrole nitrogens is 1. The van der Waals surface area contributed by atoms with Crippen molar-refractivity contribution in [2.45, 2.75) is 6.04 Å². The van der Waals surface area contributed by atoms with Gasteiger partial charge in [0.05, 0.1) is 29.9 Å². The average molecular weight is 402 g/mol. The van der Waals surface area contributed by atoms with Crippen molar-refractivity contribution >= 4 is 22.8 Å². The third kappa shape index (κ3) is 4.35. The lowest BCUT2D eigenvalue weighted by atomic mass is 9.98. The van der Waals surface area contributed by atoms with Crippen molar-refractivity contribution in [1.82, 2.24) is 20.6 Å². The summed E-state index contributed by atoms with van der Waals surface area (Å²) in [5.74, 6) is -1.39. The SMILES string of the molecule is O=C(CNC(=O)c1cccc(F)c1)NC(c1ccccc1)c1ccc2nc[nH]c2c1. The number of hydrogen-bond acceptors (Lipinski definition) is 3. The van der Waals surface area contributed by atoms with E-state index in [1.807, 2.05) is 48.5 Å². The monoisotopic (exact) mass is 402 g/mol. The number of nitrogens with zero attached hydrogens (tertiary/aromatic N) is 1. The van der Waals surface area contributed by atoms with Crippen LogP contribution in [-0.2, 0) is 4.79 Å². The van der Waals surface area contributed by atoms with E-state index in [2.05, 4.69) is 20.6 Å². The summed E-state index contributed by atoms with van der Waals surface area (Å²) in [6.45, 7) is -0.231. The Morgan fingerprint density at radius 2 is 1.80 bits per heavy atom. The number of carbonyl (C=O) groups excluding carboxylic acids is 2. The van der Waals surface area contributed by atoms with Crippen LogP contribution in [0.15, 0.2) is 79.1 Å². The molecule has 3 N–H and O–H groups in total. The molecule has 0 aliphatic carbocycles. The van der Waals surface area contributed by atoms with E-state index in [9.17, 15) is 14.0 Å². The molecule has 0 aliphatic heterocycles. The van der Waals surface area contributed by atoms with Gasteiger partial charge in [-0.05, 0) is 41.5 Å². The lowest BCUT2D eigenvalue weighted by molar-refractivity contribution is -0.120. The molecule has 150 valence electrons. The maximum Gasteiger partial charge on any atom is 0.251 e. The van der Waals surface area contributed by atoms with Crippen molar-refractivity contribution in [2.24, 2.45) is 0 Å². The summed E-state index contributed by atoms with van der Waals surface area (Å²) in [6, 6.07) is 20.2. The van der Waals surface area contributed by atoms with Gasteiger partial charge in [0.25, 0.3) is 5.91 Å². The number of amides is 2. The maximum absolute atomic E-state index is 13.3. The summed E-state index contributed by atoms with van der Waals surface area (Å²) >= 11 is 0. The number of benzene rings is 3. The van der Waals surface area contributed by atoms with Gasteiger partial charge in [0, 0.05) is 5.56 Å². The molecule has 0 bridgehead atoms. The highest BCUT2D eigenvalue weighted by Crippen LogP contribution is 2.24. The van der Waals surface area contributed by atoms with E-state index in [-0.39, 0.29) is 18.0 Å². The van der Waals surface area contributed by atoms with Crippen molar-refractivity contribution in [3.63, 3.8) is 0 Å². The molecule has 4 rings (SSSR count). The number of hydrogen-bond donors (Lipinski definition) is 3. The van der Waals surface area contributed by atoms with Crippen molar-refractivity contribution < 1.29 is 14.0 Å². The zero-order valence-corrected chi connectivity index (χ0v) is 15.9. The van der Waals surface area contributed by atoms with Gasteiger partial charge in [-0.2, -0.15) is 0 Å². The van der Waals surface area contributed by atoms with Crippen molar-refractivity contribution in [2.75, 3.05) is 6.54 Å². The third-order valence-corrected chi connectivity index (χ3v) is 4.71. The Labute approximate surface area is 172 Å². The van der Waals surface area contributed by atoms with Gasteiger partial charge < -0.3 is 15.6 Å². The first-order valence-corrected chi connectivity index (χ1v) is 9.41. The Kier molecular flexibility index (Phi) is 5.52. The molecule has 1 aromatic heterocycles. The molecule has 4 aromatic rings. The molecule has 0 saturated heterocycles. The maximum atomic E-state index is 13.3. The fraction of sp³-hybridized carbons (Fsp3) is 0.0870. The number of imidazole rings is 1. The molecule has 1 unspecified atom stereocenters. The molecular formula is C23H19FN4O2. The fourth-order valence-corrected chi connectivity index (χ4v) is 3.24. The molecule has 1 atom stereocenters. The molecule has 0 radical (unpaired) electrons. The van der Waals surface area contributed by atoms with Crippen LogP contribution in [0.2, 0.25) is 0 Å². The molecule has 2 amide bonds. The second-order valence-electron chi connectivity index (χ2n) is 6.78. The number of aromatic amines is 1. The van der Waals surface area contributed by atoms with E-state index in [1.54, 1.807) is 6.33 Å². The Balaban J connectivity index is 1.50. The van der Waals surface area contributed by atoms with E-state index in [0.717, 1.165) is 28.2 Å². The smallest absolute Gasteiger partial charge is 0.251 e. The number of nitrogens with one attached hydrogen (secondary N) is 3. The molecule has 0 aliphatic rings. The topological polar surface area (TPSA) is 86.9 Å². The zero-order valence-electron chi connectivity index (χ0n) is 15.9. The van der Waals surface area contributed by atoms with Crippen LogP contribution in [-0.4, -0.2) is 28.3 Å². The van der Waals surface area contributed by atoms with Crippen LogP contribution in [0.1, 0.15) is 27.5 Å². The number of aromatic nitrogens is 2. The Hall–Kier alpha value is -4.00. The number of rotatable bonds is 6. The summed E-state index contributed by atoms with van der Waals surface area (Å²) in [6.07, 6.45) is 1.62. The first kappa shape index (κ1) is 19.3. The van der Waals surface area contributed by atoms with Crippen LogP contribution < -0.4 is 10.6 Å². The molecule has 7 heteroatoms. The van der Waals surface area contributed by atoms with E-state index in [1.165, 1.54) is 18.2 Å². The minimum Gasteiger partial charge on any atom is -0.345 e. The minimum absolute atomic E-state index is 0.159. The van der Waals surface area contributed by atoms with E-state index in [0.29, 0.717) is 0 Å². The number of fused-ring (bicyclic) bond motifs is 1. The van der Waals surface area contributed by atoms with Gasteiger partial charge in [-0.3, -0.25) is 9.59 Å². The largest absolute Gasteiger partial charge is 0.345 e. The Bertz CT molecular complexity index is 1190. The molecular weight excluding hydrogens is 383 g/mol. The van der Waals surface area contributed by atoms with Crippen LogP contribution in [0.4, 0.5) is 4.39 Å². The van der Waals surface area contributed by atoms with Gasteiger partial charge in [0.1, 0.15) is 5.82 Å². The van der Waals surface area contributed by atoms with Gasteiger partial charge in [0.2, 0.25) is 5.91 Å². The lowest BCUT2D eigenvalue weighted by Gasteiger charge is -2.20. The van der Waals surface area contributed by atoms with E-state index >= 15 is 0 Å². The average Bonchev–Trinajstić information content (AvgIpc) is 3.24. The Morgan fingerprint density at radius 1 is 0.967 bits per heavy atom. The van der Waals surface area contributed by atoms with Crippen molar-refractivity contribution in [1.29, 1.82) is 0 Å². The van der Waals surface area contributed by atoms with Gasteiger partial charge in [-0.15, -0.1) is 0 Å². The second-order valence-corrected chi connectivity index (χ2v) is 6.78. The molecule has 3 aromatic carbocycles. The minimum atomic E-state index is -0.514. The van der Waals surface area contributed by atoms with Gasteiger partial charge in [-0.25, -0.2) is 9.37 Å². The van der Waals surface area contributed by atoms with Crippen LogP contribution in [0.25, 0.3) is 11.0 Å². The summed E-state index contributed by atoms with van der Waals surface area (Å²) in [4.78, 5) is 32.1. The predicted octanol–water partition coefficient (Wildman–Crippen LogP) is 3.34. The highest BCUT2D eigenvalue weighted by Gasteiger charge is 2.18. The third-order valence-electron chi connectivity index (χ3n) is 4.71. The summed E-state index contributed by atoms with van der Waals surface area (Å²) in [5.41, 5.74) is 3.64. The van der Waals surface area contributed by atoms with Crippen LogP contribution >= 0.6 is 0 Å². The molecule has 0 fully saturated rings. The first-order valence-electron chi connectivity index (χ1n) is 9.41. The van der Waals surface area contributed by atoms with E-state index < -0.39 is 17.8 Å². The standard InChI is InChI=1S/C23H19FN4O2/c24-18-8-4-7-17(11-18)23(30)25-13-21(29)28-22(15-5-2-1-3-6-15)16-9-10-19-20(12-16)27-14-26-19/h1-12,14,22H,13H2,(H,25,30)(H,26,27)(H,28,29). The second kappa shape index (κ2) is 8.57. The van der Waals surface area contributed by atoms with Crippen molar-refractivity contribution in [3.8, 4) is 0 Å². The molecule has 30 heavy (non-hydrogen) atoms. The number of halogens is 1. The zero-order chi connectivity index (χ0) is 20.9. The normalized spacial score (nSPS) is 11.8. The molecule has 0 spiro atoms. The van der Waals surface area contributed by atoms with E-state index in [4.69, 9.17) is 0 Å². The highest BCUT2D eigenvalue weighted by atomic mass is 19.1. The fourth-order valence-electron chi connectivity index (χ4n) is 3.24. The highest BCUT2D eigenvalue weighted by molar-refractivity contribution is 5.96. The first-order chi connectivity index (χ1) is 14.6. The molecule has 0 saturated carbocycles. The van der Waals surface area contributed by atoms with Crippen LogP contribution in [0, 0.1) is 5.82 Å². The van der Waals surface area contributed by atoms with Crippen LogP contribution in [0.5, 0.6) is 0 Å². The van der Waals surface area contributed by atoms with Crippen LogP contribution in [0.3, 0.4) is 0 Å². The summed E-state index contributed by atoms with van der Waals surface area (Å²) in [7, 11) is 0. The predicted molar refractivity (Wildman–Crippen MR) is 111 cm³/mol. The lowest BCUT2D eigenvalue weighted by Crippen LogP contribution is -2.39. The summed E-state index contributed by atoms with van der Waals surface area (Å²) < 4.78 is 13.3. The quantitative estimate of drug-likeness (QED) is 0.462. The Morgan fingerprint density at radius 3 is 2.60 bits per heavy atom.